The molecule has 2 nitrogen and oxygen atoms in total. The molecule has 3 heteroatoms. The fraction of sp³-hybridized carbons (Fsp3) is 0.647. The molecule has 0 aromatic heterocycles. The van der Waals surface area contributed by atoms with E-state index in [4.69, 9.17) is 5.84 Å². The van der Waals surface area contributed by atoms with Crippen molar-refractivity contribution >= 4 is 0 Å². The number of hydrogen-bond acceptors (Lipinski definition) is 2. The Morgan fingerprint density at radius 3 is 2.55 bits per heavy atom. The van der Waals surface area contributed by atoms with Gasteiger partial charge in [-0.25, -0.2) is 4.39 Å². The molecule has 1 fully saturated rings. The summed E-state index contributed by atoms with van der Waals surface area (Å²) in [6, 6.07) is 5.17. The molecule has 3 N–H and O–H groups in total. The van der Waals surface area contributed by atoms with E-state index >= 15 is 0 Å². The molecule has 20 heavy (non-hydrogen) atoms. The molecular weight excluding hydrogens is 251 g/mol. The highest BCUT2D eigenvalue weighted by atomic mass is 19.1. The van der Waals surface area contributed by atoms with Crippen molar-refractivity contribution in [1.82, 2.24) is 5.43 Å². The first-order chi connectivity index (χ1) is 9.65. The normalized spacial score (nSPS) is 24.6. The molecule has 1 aromatic carbocycles. The van der Waals surface area contributed by atoms with Crippen LogP contribution in [0.4, 0.5) is 4.39 Å². The van der Waals surface area contributed by atoms with Crippen LogP contribution in [0.5, 0.6) is 0 Å². The summed E-state index contributed by atoms with van der Waals surface area (Å²) >= 11 is 0. The maximum Gasteiger partial charge on any atom is 0.123 e. The zero-order valence-electron chi connectivity index (χ0n) is 12.7. The van der Waals surface area contributed by atoms with Gasteiger partial charge in [0.1, 0.15) is 5.82 Å². The Balaban J connectivity index is 2.05. The second-order valence-corrected chi connectivity index (χ2v) is 6.21. The molecule has 0 spiro atoms. The van der Waals surface area contributed by atoms with Crippen LogP contribution in [0.15, 0.2) is 18.2 Å². The number of aryl methyl sites for hydroxylation is 1. The molecule has 0 aliphatic heterocycles. The lowest BCUT2D eigenvalue weighted by Gasteiger charge is -2.34. The van der Waals surface area contributed by atoms with Crippen LogP contribution in [-0.2, 0) is 0 Å². The standard InChI is InChI=1S/C17H27FN2/c1-3-4-13-5-7-14(8-6-13)17(20-19)16-10-9-15(18)11-12(16)2/h9-11,13-14,17,20H,3-8,19H2,1-2H3. The maximum atomic E-state index is 13.2. The Bertz CT molecular complexity index is 425. The zero-order chi connectivity index (χ0) is 14.5. The van der Waals surface area contributed by atoms with Crippen LogP contribution in [0.2, 0.25) is 0 Å². The van der Waals surface area contributed by atoms with Gasteiger partial charge in [0, 0.05) is 6.04 Å². The Morgan fingerprint density at radius 2 is 2.00 bits per heavy atom. The predicted molar refractivity (Wildman–Crippen MR) is 81.6 cm³/mol. The number of benzene rings is 1. The summed E-state index contributed by atoms with van der Waals surface area (Å²) in [4.78, 5) is 0. The molecule has 1 saturated carbocycles. The van der Waals surface area contributed by atoms with E-state index in [2.05, 4.69) is 12.3 Å². The summed E-state index contributed by atoms with van der Waals surface area (Å²) in [5.74, 6) is 7.08. The average Bonchev–Trinajstić information content (AvgIpc) is 2.44. The number of hydrogen-bond donors (Lipinski definition) is 2. The van der Waals surface area contributed by atoms with E-state index in [0.717, 1.165) is 17.0 Å². The van der Waals surface area contributed by atoms with Gasteiger partial charge in [0.15, 0.2) is 0 Å². The number of halogens is 1. The van der Waals surface area contributed by atoms with Crippen LogP contribution in [0.25, 0.3) is 0 Å². The molecule has 0 heterocycles. The molecule has 1 atom stereocenters. The van der Waals surface area contributed by atoms with Crippen LogP contribution >= 0.6 is 0 Å². The van der Waals surface area contributed by atoms with Crippen molar-refractivity contribution in [1.29, 1.82) is 0 Å². The highest BCUT2D eigenvalue weighted by Crippen LogP contribution is 2.38. The van der Waals surface area contributed by atoms with Gasteiger partial charge in [0.2, 0.25) is 0 Å². The first-order valence-electron chi connectivity index (χ1n) is 7.87. The molecule has 1 unspecified atom stereocenters. The van der Waals surface area contributed by atoms with Gasteiger partial charge in [0.25, 0.3) is 0 Å². The smallest absolute Gasteiger partial charge is 0.123 e. The predicted octanol–water partition coefficient (Wildman–Crippen LogP) is 4.25. The van der Waals surface area contributed by atoms with E-state index in [-0.39, 0.29) is 11.9 Å². The van der Waals surface area contributed by atoms with Gasteiger partial charge in [-0.15, -0.1) is 0 Å². The molecule has 1 aromatic rings. The second-order valence-electron chi connectivity index (χ2n) is 6.21. The number of nitrogens with two attached hydrogens (primary N) is 1. The first kappa shape index (κ1) is 15.5. The summed E-state index contributed by atoms with van der Waals surface area (Å²) in [6.45, 7) is 4.23. The minimum atomic E-state index is -0.173. The Kier molecular flexibility index (Phi) is 5.55. The van der Waals surface area contributed by atoms with E-state index < -0.39 is 0 Å². The number of rotatable bonds is 5. The monoisotopic (exact) mass is 278 g/mol. The number of hydrazine groups is 1. The lowest BCUT2D eigenvalue weighted by molar-refractivity contribution is 0.214. The third kappa shape index (κ3) is 3.58. The summed E-state index contributed by atoms with van der Waals surface area (Å²) in [5, 5.41) is 0. The van der Waals surface area contributed by atoms with Crippen LogP contribution in [0, 0.1) is 24.6 Å². The van der Waals surface area contributed by atoms with Crippen molar-refractivity contribution in [2.45, 2.75) is 58.4 Å². The van der Waals surface area contributed by atoms with Crippen molar-refractivity contribution in [2.75, 3.05) is 0 Å². The minimum Gasteiger partial charge on any atom is -0.271 e. The SMILES string of the molecule is CCCC1CCC(C(NN)c2ccc(F)cc2C)CC1. The molecule has 112 valence electrons. The van der Waals surface area contributed by atoms with Gasteiger partial charge >= 0.3 is 0 Å². The summed E-state index contributed by atoms with van der Waals surface area (Å²) < 4.78 is 13.2. The van der Waals surface area contributed by atoms with Crippen molar-refractivity contribution in [3.05, 3.63) is 35.1 Å². The minimum absolute atomic E-state index is 0.151. The molecule has 0 radical (unpaired) electrons. The molecule has 0 bridgehead atoms. The fourth-order valence-electron chi connectivity index (χ4n) is 3.69. The zero-order valence-corrected chi connectivity index (χ0v) is 12.7. The summed E-state index contributed by atoms with van der Waals surface area (Å²) in [5.41, 5.74) is 5.11. The van der Waals surface area contributed by atoms with Crippen LogP contribution < -0.4 is 11.3 Å². The largest absolute Gasteiger partial charge is 0.271 e. The summed E-state index contributed by atoms with van der Waals surface area (Å²) in [7, 11) is 0. The molecular formula is C17H27FN2. The highest BCUT2D eigenvalue weighted by Gasteiger charge is 2.28. The molecule has 0 amide bonds. The van der Waals surface area contributed by atoms with Gasteiger partial charge in [-0.05, 0) is 54.9 Å². The van der Waals surface area contributed by atoms with Crippen LogP contribution in [0.1, 0.15) is 62.6 Å². The molecule has 1 aliphatic rings. The van der Waals surface area contributed by atoms with E-state index in [1.807, 2.05) is 13.0 Å². The Labute approximate surface area is 121 Å². The lowest BCUT2D eigenvalue weighted by Crippen LogP contribution is -2.35. The second kappa shape index (κ2) is 7.19. The van der Waals surface area contributed by atoms with Crippen LogP contribution in [0.3, 0.4) is 0 Å². The lowest BCUT2D eigenvalue weighted by atomic mass is 9.75. The van der Waals surface area contributed by atoms with Gasteiger partial charge in [-0.1, -0.05) is 38.7 Å². The Hall–Kier alpha value is -0.930. The van der Waals surface area contributed by atoms with Gasteiger partial charge in [0.05, 0.1) is 0 Å². The van der Waals surface area contributed by atoms with E-state index in [9.17, 15) is 4.39 Å². The van der Waals surface area contributed by atoms with Crippen LogP contribution in [-0.4, -0.2) is 0 Å². The maximum absolute atomic E-state index is 13.2. The molecule has 1 aliphatic carbocycles. The van der Waals surface area contributed by atoms with E-state index in [1.165, 1.54) is 44.6 Å². The molecule has 2 rings (SSSR count). The van der Waals surface area contributed by atoms with Gasteiger partial charge in [-0.3, -0.25) is 11.3 Å². The quantitative estimate of drug-likeness (QED) is 0.624. The van der Waals surface area contributed by atoms with Crippen molar-refractivity contribution in [3.63, 3.8) is 0 Å². The Morgan fingerprint density at radius 1 is 1.30 bits per heavy atom. The topological polar surface area (TPSA) is 38.0 Å². The van der Waals surface area contributed by atoms with Crippen molar-refractivity contribution < 1.29 is 4.39 Å². The van der Waals surface area contributed by atoms with Crippen molar-refractivity contribution in [3.8, 4) is 0 Å². The van der Waals surface area contributed by atoms with E-state index in [0.29, 0.717) is 5.92 Å². The fourth-order valence-corrected chi connectivity index (χ4v) is 3.69. The van der Waals surface area contributed by atoms with Crippen molar-refractivity contribution in [2.24, 2.45) is 17.7 Å². The average molecular weight is 278 g/mol. The van der Waals surface area contributed by atoms with Gasteiger partial charge in [-0.2, -0.15) is 0 Å². The molecule has 0 saturated heterocycles. The number of nitrogens with one attached hydrogen (secondary N) is 1. The van der Waals surface area contributed by atoms with E-state index in [1.54, 1.807) is 6.07 Å². The first-order valence-corrected chi connectivity index (χ1v) is 7.87. The summed E-state index contributed by atoms with van der Waals surface area (Å²) in [6.07, 6.45) is 7.68. The third-order valence-electron chi connectivity index (χ3n) is 4.81. The third-order valence-corrected chi connectivity index (χ3v) is 4.81. The van der Waals surface area contributed by atoms with Gasteiger partial charge < -0.3 is 0 Å². The highest BCUT2D eigenvalue weighted by molar-refractivity contribution is 5.30.